The molecule has 16 heavy (non-hydrogen) atoms. The number of halogens is 3. The number of alkyl halides is 3. The normalized spacial score (nSPS) is 14.0. The first-order chi connectivity index (χ1) is 7.51. The zero-order valence-corrected chi connectivity index (χ0v) is 9.18. The highest BCUT2D eigenvalue weighted by atomic mass is 19.4. The molecule has 0 aliphatic rings. The molecule has 5 heteroatoms. The lowest BCUT2D eigenvalue weighted by atomic mass is 10.1. The van der Waals surface area contributed by atoms with Crippen molar-refractivity contribution in [3.63, 3.8) is 0 Å². The highest BCUT2D eigenvalue weighted by Crippen LogP contribution is 2.23. The number of nitrogens with one attached hydrogen (secondary N) is 1. The highest BCUT2D eigenvalue weighted by Gasteiger charge is 2.28. The standard InChI is InChI=1S/C11H16F3NO/c1-2-15-9(5-6-11(12,13)14)8-10-4-3-7-16-10/h3-4,7,9,15H,2,5-6,8H2,1H3. The molecule has 0 bridgehead atoms. The molecule has 0 fully saturated rings. The van der Waals surface area contributed by atoms with Gasteiger partial charge in [0.2, 0.25) is 0 Å². The number of rotatable bonds is 6. The van der Waals surface area contributed by atoms with Crippen molar-refractivity contribution in [3.05, 3.63) is 24.2 Å². The molecule has 0 aromatic carbocycles. The second kappa shape index (κ2) is 5.94. The SMILES string of the molecule is CCNC(CCC(F)(F)F)Cc1ccco1. The summed E-state index contributed by atoms with van der Waals surface area (Å²) in [6, 6.07) is 3.33. The third-order valence-corrected chi connectivity index (χ3v) is 2.30. The summed E-state index contributed by atoms with van der Waals surface area (Å²) in [5.41, 5.74) is 0. The summed E-state index contributed by atoms with van der Waals surface area (Å²) in [4.78, 5) is 0. The highest BCUT2D eigenvalue weighted by molar-refractivity contribution is 5.00. The minimum atomic E-state index is -4.09. The van der Waals surface area contributed by atoms with Gasteiger partial charge in [-0.15, -0.1) is 0 Å². The van der Waals surface area contributed by atoms with E-state index in [0.29, 0.717) is 18.7 Å². The van der Waals surface area contributed by atoms with Crippen molar-refractivity contribution in [1.82, 2.24) is 5.32 Å². The first kappa shape index (κ1) is 13.1. The Morgan fingerprint density at radius 1 is 1.44 bits per heavy atom. The zero-order chi connectivity index (χ0) is 12.0. The van der Waals surface area contributed by atoms with E-state index >= 15 is 0 Å². The predicted molar refractivity (Wildman–Crippen MR) is 55.2 cm³/mol. The van der Waals surface area contributed by atoms with Crippen LogP contribution in [0.3, 0.4) is 0 Å². The van der Waals surface area contributed by atoms with Crippen LogP contribution in [0.15, 0.2) is 22.8 Å². The third-order valence-electron chi connectivity index (χ3n) is 2.30. The van der Waals surface area contributed by atoms with Gasteiger partial charge in [0.15, 0.2) is 0 Å². The topological polar surface area (TPSA) is 25.2 Å². The van der Waals surface area contributed by atoms with Crippen LogP contribution in [-0.4, -0.2) is 18.8 Å². The fraction of sp³-hybridized carbons (Fsp3) is 0.636. The van der Waals surface area contributed by atoms with Crippen molar-refractivity contribution in [1.29, 1.82) is 0 Å². The quantitative estimate of drug-likeness (QED) is 0.819. The number of likely N-dealkylation sites (N-methyl/N-ethyl adjacent to an activating group) is 1. The first-order valence-electron chi connectivity index (χ1n) is 5.34. The predicted octanol–water partition coefficient (Wildman–Crippen LogP) is 3.14. The van der Waals surface area contributed by atoms with Crippen LogP contribution < -0.4 is 5.32 Å². The smallest absolute Gasteiger partial charge is 0.389 e. The van der Waals surface area contributed by atoms with Gasteiger partial charge in [-0.1, -0.05) is 6.92 Å². The molecular weight excluding hydrogens is 219 g/mol. The van der Waals surface area contributed by atoms with Gasteiger partial charge in [-0.25, -0.2) is 0 Å². The van der Waals surface area contributed by atoms with Gasteiger partial charge in [-0.2, -0.15) is 13.2 Å². The van der Waals surface area contributed by atoms with E-state index in [1.807, 2.05) is 6.92 Å². The van der Waals surface area contributed by atoms with E-state index in [-0.39, 0.29) is 12.5 Å². The van der Waals surface area contributed by atoms with Crippen LogP contribution in [0.25, 0.3) is 0 Å². The van der Waals surface area contributed by atoms with Crippen LogP contribution in [0.5, 0.6) is 0 Å². The second-order valence-corrected chi connectivity index (χ2v) is 3.69. The lowest BCUT2D eigenvalue weighted by molar-refractivity contribution is -0.136. The summed E-state index contributed by atoms with van der Waals surface area (Å²) in [7, 11) is 0. The third kappa shape index (κ3) is 5.21. The van der Waals surface area contributed by atoms with Gasteiger partial charge in [-0.3, -0.25) is 0 Å². The molecule has 1 atom stereocenters. The van der Waals surface area contributed by atoms with Crippen molar-refractivity contribution in [2.75, 3.05) is 6.54 Å². The van der Waals surface area contributed by atoms with E-state index in [1.54, 1.807) is 12.1 Å². The number of hydrogen-bond donors (Lipinski definition) is 1. The summed E-state index contributed by atoms with van der Waals surface area (Å²) in [5, 5.41) is 3.03. The summed E-state index contributed by atoms with van der Waals surface area (Å²) in [6.45, 7) is 2.53. The first-order valence-corrected chi connectivity index (χ1v) is 5.34. The summed E-state index contributed by atoms with van der Waals surface area (Å²) in [6.07, 6.45) is -2.74. The fourth-order valence-electron chi connectivity index (χ4n) is 1.57. The Hall–Kier alpha value is -0.970. The molecule has 0 saturated carbocycles. The van der Waals surface area contributed by atoms with E-state index in [1.165, 1.54) is 6.26 Å². The molecule has 1 N–H and O–H groups in total. The monoisotopic (exact) mass is 235 g/mol. The van der Waals surface area contributed by atoms with E-state index < -0.39 is 12.6 Å². The van der Waals surface area contributed by atoms with E-state index in [0.717, 1.165) is 0 Å². The van der Waals surface area contributed by atoms with Crippen molar-refractivity contribution < 1.29 is 17.6 Å². The molecule has 2 nitrogen and oxygen atoms in total. The Morgan fingerprint density at radius 2 is 2.19 bits per heavy atom. The number of hydrogen-bond acceptors (Lipinski definition) is 2. The van der Waals surface area contributed by atoms with Crippen LogP contribution in [0.1, 0.15) is 25.5 Å². The van der Waals surface area contributed by atoms with Crippen LogP contribution >= 0.6 is 0 Å². The molecule has 0 aliphatic carbocycles. The van der Waals surface area contributed by atoms with Crippen LogP contribution in [0, 0.1) is 0 Å². The van der Waals surface area contributed by atoms with Crippen molar-refractivity contribution in [2.24, 2.45) is 0 Å². The maximum atomic E-state index is 12.1. The van der Waals surface area contributed by atoms with E-state index in [9.17, 15) is 13.2 Å². The molecule has 0 radical (unpaired) electrons. The Morgan fingerprint density at radius 3 is 2.69 bits per heavy atom. The molecular formula is C11H16F3NO. The average Bonchev–Trinajstić information content (AvgIpc) is 2.66. The molecule has 0 amide bonds. The Balaban J connectivity index is 2.41. The molecule has 1 aromatic heterocycles. The van der Waals surface area contributed by atoms with Gasteiger partial charge in [-0.05, 0) is 25.1 Å². The largest absolute Gasteiger partial charge is 0.469 e. The molecule has 1 aromatic rings. The lowest BCUT2D eigenvalue weighted by Crippen LogP contribution is -2.32. The van der Waals surface area contributed by atoms with Crippen LogP contribution in [0.2, 0.25) is 0 Å². The molecule has 1 unspecified atom stereocenters. The lowest BCUT2D eigenvalue weighted by Gasteiger charge is -2.17. The fourth-order valence-corrected chi connectivity index (χ4v) is 1.57. The Labute approximate surface area is 92.8 Å². The maximum Gasteiger partial charge on any atom is 0.389 e. The molecule has 1 rings (SSSR count). The summed E-state index contributed by atoms with van der Waals surface area (Å²) in [5.74, 6) is 0.716. The Bertz CT molecular complexity index is 282. The minimum absolute atomic E-state index is 0.0814. The minimum Gasteiger partial charge on any atom is -0.469 e. The van der Waals surface area contributed by atoms with Crippen LogP contribution in [-0.2, 0) is 6.42 Å². The average molecular weight is 235 g/mol. The summed E-state index contributed by atoms with van der Waals surface area (Å²) < 4.78 is 41.4. The molecule has 1 heterocycles. The van der Waals surface area contributed by atoms with Crippen molar-refractivity contribution >= 4 is 0 Å². The van der Waals surface area contributed by atoms with Crippen LogP contribution in [0.4, 0.5) is 13.2 Å². The molecule has 0 spiro atoms. The van der Waals surface area contributed by atoms with Crippen molar-refractivity contribution in [3.8, 4) is 0 Å². The number of furan rings is 1. The molecule has 92 valence electrons. The van der Waals surface area contributed by atoms with Gasteiger partial charge in [0.1, 0.15) is 5.76 Å². The van der Waals surface area contributed by atoms with Crippen molar-refractivity contribution in [2.45, 2.75) is 38.4 Å². The molecule has 0 aliphatic heterocycles. The van der Waals surface area contributed by atoms with Gasteiger partial charge in [0.25, 0.3) is 0 Å². The zero-order valence-electron chi connectivity index (χ0n) is 9.18. The Kier molecular flexibility index (Phi) is 4.86. The van der Waals surface area contributed by atoms with Gasteiger partial charge in [0.05, 0.1) is 6.26 Å². The summed E-state index contributed by atoms with van der Waals surface area (Å²) >= 11 is 0. The van der Waals surface area contributed by atoms with Gasteiger partial charge < -0.3 is 9.73 Å². The molecule has 0 saturated heterocycles. The van der Waals surface area contributed by atoms with E-state index in [4.69, 9.17) is 4.42 Å². The van der Waals surface area contributed by atoms with E-state index in [2.05, 4.69) is 5.32 Å². The second-order valence-electron chi connectivity index (χ2n) is 3.69. The van der Waals surface area contributed by atoms with Gasteiger partial charge in [0, 0.05) is 18.9 Å². The maximum absolute atomic E-state index is 12.1. The van der Waals surface area contributed by atoms with Gasteiger partial charge >= 0.3 is 6.18 Å².